The minimum atomic E-state index is 0.658. The molecular weight excluding hydrogens is 238 g/mol. The highest BCUT2D eigenvalue weighted by atomic mass is 16.5. The highest BCUT2D eigenvalue weighted by Gasteiger charge is 2.38. The third-order valence-corrected chi connectivity index (χ3v) is 4.14. The van der Waals surface area contributed by atoms with Crippen LogP contribution in [0.1, 0.15) is 26.2 Å². The average Bonchev–Trinajstić information content (AvgIpc) is 2.69. The van der Waals surface area contributed by atoms with E-state index in [1.54, 1.807) is 0 Å². The van der Waals surface area contributed by atoms with E-state index in [1.165, 1.54) is 31.6 Å². The van der Waals surface area contributed by atoms with E-state index in [0.29, 0.717) is 12.1 Å². The van der Waals surface area contributed by atoms with E-state index >= 15 is 0 Å². The van der Waals surface area contributed by atoms with Gasteiger partial charge in [0.25, 0.3) is 0 Å². The molecule has 2 aliphatic heterocycles. The molecule has 3 heterocycles. The van der Waals surface area contributed by atoms with Crippen LogP contribution in [0.5, 0.6) is 5.88 Å². The Kier molecular flexibility index (Phi) is 3.60. The van der Waals surface area contributed by atoms with E-state index in [-0.39, 0.29) is 0 Å². The largest absolute Gasteiger partial charge is 0.478 e. The number of hydrogen-bond acceptors (Lipinski definition) is 4. The number of rotatable bonds is 4. The van der Waals surface area contributed by atoms with Gasteiger partial charge in [-0.15, -0.1) is 0 Å². The van der Waals surface area contributed by atoms with Crippen molar-refractivity contribution in [3.05, 3.63) is 18.3 Å². The van der Waals surface area contributed by atoms with Gasteiger partial charge in [0.2, 0.25) is 5.88 Å². The second kappa shape index (κ2) is 5.37. The van der Waals surface area contributed by atoms with Crippen molar-refractivity contribution in [3.63, 3.8) is 0 Å². The van der Waals surface area contributed by atoms with Crippen LogP contribution in [0.25, 0.3) is 0 Å². The molecular formula is C15H23N3O. The maximum absolute atomic E-state index is 5.65. The summed E-state index contributed by atoms with van der Waals surface area (Å²) in [5.41, 5.74) is 1.28. The summed E-state index contributed by atoms with van der Waals surface area (Å²) in [6.07, 6.45) is 5.51. The van der Waals surface area contributed by atoms with E-state index in [0.717, 1.165) is 18.9 Å². The van der Waals surface area contributed by atoms with Crippen LogP contribution in [-0.4, -0.2) is 48.7 Å². The summed E-state index contributed by atoms with van der Waals surface area (Å²) in [5.74, 6) is 0.762. The van der Waals surface area contributed by atoms with Crippen molar-refractivity contribution in [1.82, 2.24) is 9.88 Å². The normalized spacial score (nSPS) is 26.7. The Morgan fingerprint density at radius 1 is 1.32 bits per heavy atom. The molecule has 2 aliphatic rings. The molecule has 104 valence electrons. The number of anilines is 1. The quantitative estimate of drug-likeness (QED) is 0.830. The van der Waals surface area contributed by atoms with Crippen molar-refractivity contribution in [2.75, 3.05) is 31.6 Å². The van der Waals surface area contributed by atoms with Gasteiger partial charge in [-0.25, -0.2) is 4.98 Å². The Morgan fingerprint density at radius 3 is 2.74 bits per heavy atom. The Morgan fingerprint density at radius 2 is 2.05 bits per heavy atom. The second-order valence-electron chi connectivity index (χ2n) is 5.71. The van der Waals surface area contributed by atoms with Gasteiger partial charge in [0.15, 0.2) is 0 Å². The van der Waals surface area contributed by atoms with Crippen molar-refractivity contribution in [2.24, 2.45) is 0 Å². The highest BCUT2D eigenvalue weighted by molar-refractivity contribution is 5.52. The maximum atomic E-state index is 5.65. The zero-order valence-corrected chi connectivity index (χ0v) is 11.9. The fraction of sp³-hybridized carbons (Fsp3) is 0.667. The lowest BCUT2D eigenvalue weighted by Gasteiger charge is -2.41. The van der Waals surface area contributed by atoms with E-state index in [9.17, 15) is 0 Å². The van der Waals surface area contributed by atoms with Crippen molar-refractivity contribution in [3.8, 4) is 5.88 Å². The zero-order chi connectivity index (χ0) is 13.2. The van der Waals surface area contributed by atoms with Crippen LogP contribution in [-0.2, 0) is 0 Å². The van der Waals surface area contributed by atoms with Crippen LogP contribution in [0.15, 0.2) is 18.3 Å². The number of aromatic nitrogens is 1. The summed E-state index contributed by atoms with van der Waals surface area (Å²) < 4.78 is 5.65. The van der Waals surface area contributed by atoms with Gasteiger partial charge in [0.05, 0.1) is 6.61 Å². The molecule has 4 heteroatoms. The van der Waals surface area contributed by atoms with E-state index in [4.69, 9.17) is 4.74 Å². The van der Waals surface area contributed by atoms with Crippen LogP contribution in [0.2, 0.25) is 0 Å². The molecule has 2 unspecified atom stereocenters. The predicted molar refractivity (Wildman–Crippen MR) is 76.8 cm³/mol. The van der Waals surface area contributed by atoms with E-state index < -0.39 is 0 Å². The number of likely N-dealkylation sites (tertiary alicyclic amines) is 1. The Labute approximate surface area is 115 Å². The molecule has 0 radical (unpaired) electrons. The number of fused-ring (bicyclic) bond motifs is 2. The summed E-state index contributed by atoms with van der Waals surface area (Å²) in [6, 6.07) is 5.54. The molecule has 2 fully saturated rings. The van der Waals surface area contributed by atoms with Crippen molar-refractivity contribution >= 4 is 5.69 Å². The first-order valence-corrected chi connectivity index (χ1v) is 7.33. The van der Waals surface area contributed by atoms with Crippen molar-refractivity contribution < 1.29 is 4.74 Å². The van der Waals surface area contributed by atoms with E-state index in [1.807, 2.05) is 6.20 Å². The Hall–Kier alpha value is -1.29. The summed E-state index contributed by atoms with van der Waals surface area (Å²) >= 11 is 0. The second-order valence-corrected chi connectivity index (χ2v) is 5.71. The van der Waals surface area contributed by atoms with Crippen LogP contribution < -0.4 is 9.64 Å². The molecule has 0 N–H and O–H groups in total. The molecule has 2 atom stereocenters. The number of ether oxygens (including phenoxy) is 1. The van der Waals surface area contributed by atoms with Gasteiger partial charge in [0.1, 0.15) is 0 Å². The van der Waals surface area contributed by atoms with Gasteiger partial charge in [0, 0.05) is 43.1 Å². The summed E-state index contributed by atoms with van der Waals surface area (Å²) in [7, 11) is 2.23. The summed E-state index contributed by atoms with van der Waals surface area (Å²) in [5, 5.41) is 0. The van der Waals surface area contributed by atoms with Crippen LogP contribution in [0.3, 0.4) is 0 Å². The minimum absolute atomic E-state index is 0.658. The predicted octanol–water partition coefficient (Wildman–Crippen LogP) is 2.15. The van der Waals surface area contributed by atoms with Crippen molar-refractivity contribution in [2.45, 2.75) is 38.3 Å². The topological polar surface area (TPSA) is 28.6 Å². The molecule has 1 aromatic heterocycles. The molecule has 0 spiro atoms. The van der Waals surface area contributed by atoms with Gasteiger partial charge >= 0.3 is 0 Å². The number of likely N-dealkylation sites (N-methyl/N-ethyl adjacent to an activating group) is 1. The highest BCUT2D eigenvalue weighted by Crippen LogP contribution is 2.35. The molecule has 19 heavy (non-hydrogen) atoms. The number of piperazine rings is 1. The lowest BCUT2D eigenvalue weighted by atomic mass is 10.1. The smallest absolute Gasteiger partial charge is 0.215 e. The van der Waals surface area contributed by atoms with E-state index in [2.05, 4.69) is 40.9 Å². The first-order chi connectivity index (χ1) is 9.28. The molecule has 0 aliphatic carbocycles. The first kappa shape index (κ1) is 12.7. The molecule has 0 aromatic carbocycles. The summed E-state index contributed by atoms with van der Waals surface area (Å²) in [6.45, 7) is 5.20. The lowest BCUT2D eigenvalue weighted by molar-refractivity contribution is 0.264. The minimum Gasteiger partial charge on any atom is -0.478 e. The van der Waals surface area contributed by atoms with Crippen molar-refractivity contribution in [1.29, 1.82) is 0 Å². The SMILES string of the molecule is CCCOc1cc(N2C3CCC2CN(C)C3)ccn1. The molecule has 4 nitrogen and oxygen atoms in total. The molecule has 2 saturated heterocycles. The standard InChI is InChI=1S/C15H23N3O/c1-3-8-19-15-9-12(6-7-16-15)18-13-4-5-14(18)11-17(2)10-13/h6-7,9,13-14H,3-5,8,10-11H2,1-2H3. The lowest BCUT2D eigenvalue weighted by Crippen LogP contribution is -2.52. The molecule has 0 saturated carbocycles. The molecule has 0 amide bonds. The number of pyridine rings is 1. The monoisotopic (exact) mass is 261 g/mol. The van der Waals surface area contributed by atoms with Gasteiger partial charge in [-0.2, -0.15) is 0 Å². The molecule has 2 bridgehead atoms. The van der Waals surface area contributed by atoms with Gasteiger partial charge < -0.3 is 14.5 Å². The Bertz CT molecular complexity index is 423. The average molecular weight is 261 g/mol. The number of nitrogens with zero attached hydrogens (tertiary/aromatic N) is 3. The molecule has 3 rings (SSSR count). The van der Waals surface area contributed by atoms with Crippen LogP contribution in [0, 0.1) is 0 Å². The first-order valence-electron chi connectivity index (χ1n) is 7.33. The van der Waals surface area contributed by atoms with Crippen LogP contribution in [0.4, 0.5) is 5.69 Å². The van der Waals surface area contributed by atoms with Gasteiger partial charge in [-0.05, 0) is 32.4 Å². The van der Waals surface area contributed by atoms with Gasteiger partial charge in [-0.3, -0.25) is 0 Å². The Balaban J connectivity index is 1.79. The van der Waals surface area contributed by atoms with Crippen LogP contribution >= 0.6 is 0 Å². The maximum Gasteiger partial charge on any atom is 0.215 e. The van der Waals surface area contributed by atoms with Gasteiger partial charge in [-0.1, -0.05) is 6.92 Å². The fourth-order valence-corrected chi connectivity index (χ4v) is 3.38. The summed E-state index contributed by atoms with van der Waals surface area (Å²) in [4.78, 5) is 9.33. The fourth-order valence-electron chi connectivity index (χ4n) is 3.38. The molecule has 1 aromatic rings. The number of hydrogen-bond donors (Lipinski definition) is 0. The zero-order valence-electron chi connectivity index (χ0n) is 11.9. The third-order valence-electron chi connectivity index (χ3n) is 4.14. The third kappa shape index (κ3) is 2.54.